The zero-order chi connectivity index (χ0) is 17.4. The quantitative estimate of drug-likeness (QED) is 0.919. The number of rotatable bonds is 3. The second kappa shape index (κ2) is 6.22. The maximum atomic E-state index is 12.6. The molecule has 1 aromatic rings. The van der Waals surface area contributed by atoms with Crippen LogP contribution in [0.4, 0.5) is 10.7 Å². The molecule has 1 aliphatic heterocycles. The van der Waals surface area contributed by atoms with Crippen molar-refractivity contribution in [2.45, 2.75) is 65.0 Å². The van der Waals surface area contributed by atoms with Crippen molar-refractivity contribution in [2.24, 2.45) is 5.41 Å². The van der Waals surface area contributed by atoms with Crippen molar-refractivity contribution in [2.75, 3.05) is 18.4 Å². The molecule has 1 saturated carbocycles. The van der Waals surface area contributed by atoms with Gasteiger partial charge >= 0.3 is 6.09 Å². The number of nitrogens with one attached hydrogen (secondary N) is 1. The summed E-state index contributed by atoms with van der Waals surface area (Å²) in [5.41, 5.74) is 0.917. The summed E-state index contributed by atoms with van der Waals surface area (Å²) in [4.78, 5) is 23.1. The molecule has 1 saturated heterocycles. The number of nitrogens with zero attached hydrogens (tertiary/aromatic N) is 3. The Bertz CT molecular complexity index is 607. The van der Waals surface area contributed by atoms with Crippen molar-refractivity contribution >= 4 is 12.0 Å². The van der Waals surface area contributed by atoms with E-state index in [1.807, 2.05) is 38.7 Å². The summed E-state index contributed by atoms with van der Waals surface area (Å²) >= 11 is 0. The van der Waals surface area contributed by atoms with E-state index in [1.165, 1.54) is 12.8 Å². The number of aryl methyl sites for hydroxylation is 1. The molecule has 1 spiro atoms. The number of hydrogen-bond acceptors (Lipinski definition) is 5. The van der Waals surface area contributed by atoms with E-state index in [4.69, 9.17) is 4.74 Å². The zero-order valence-corrected chi connectivity index (χ0v) is 15.1. The van der Waals surface area contributed by atoms with E-state index >= 15 is 0 Å². The van der Waals surface area contributed by atoms with Gasteiger partial charge in [-0.05, 0) is 64.9 Å². The van der Waals surface area contributed by atoms with Crippen molar-refractivity contribution in [1.29, 1.82) is 0 Å². The molecule has 6 heteroatoms. The van der Waals surface area contributed by atoms with Gasteiger partial charge in [-0.2, -0.15) is 0 Å². The van der Waals surface area contributed by atoms with E-state index in [9.17, 15) is 4.79 Å². The molecule has 6 nitrogen and oxygen atoms in total. The molecule has 2 aliphatic rings. The predicted octanol–water partition coefficient (Wildman–Crippen LogP) is 3.38. The molecule has 3 rings (SSSR count). The van der Waals surface area contributed by atoms with Crippen LogP contribution in [0.2, 0.25) is 0 Å². The van der Waals surface area contributed by atoms with Crippen LogP contribution in [-0.2, 0) is 4.74 Å². The maximum Gasteiger partial charge on any atom is 0.410 e. The highest BCUT2D eigenvalue weighted by atomic mass is 16.6. The minimum absolute atomic E-state index is 0.125. The molecular weight excluding hydrogens is 304 g/mol. The smallest absolute Gasteiger partial charge is 0.410 e. The van der Waals surface area contributed by atoms with Crippen LogP contribution in [0.15, 0.2) is 12.3 Å². The zero-order valence-electron chi connectivity index (χ0n) is 15.1. The van der Waals surface area contributed by atoms with Gasteiger partial charge in [0.2, 0.25) is 5.95 Å². The third-order valence-corrected chi connectivity index (χ3v) is 4.87. The molecule has 1 aromatic heterocycles. The van der Waals surface area contributed by atoms with E-state index in [-0.39, 0.29) is 12.1 Å². The Morgan fingerprint density at radius 3 is 2.79 bits per heavy atom. The topological polar surface area (TPSA) is 67.4 Å². The van der Waals surface area contributed by atoms with Crippen LogP contribution in [0.3, 0.4) is 0 Å². The van der Waals surface area contributed by atoms with Crippen LogP contribution in [0.5, 0.6) is 0 Å². The van der Waals surface area contributed by atoms with Gasteiger partial charge in [-0.15, -0.1) is 0 Å². The van der Waals surface area contributed by atoms with E-state index in [0.717, 1.165) is 25.1 Å². The van der Waals surface area contributed by atoms with E-state index in [2.05, 4.69) is 15.3 Å². The lowest BCUT2D eigenvalue weighted by atomic mass is 9.88. The first kappa shape index (κ1) is 17.0. The number of aromatic nitrogens is 2. The molecule has 0 unspecified atom stereocenters. The van der Waals surface area contributed by atoms with Crippen LogP contribution >= 0.6 is 0 Å². The molecule has 0 radical (unpaired) electrons. The van der Waals surface area contributed by atoms with Gasteiger partial charge in [-0.1, -0.05) is 0 Å². The van der Waals surface area contributed by atoms with Gasteiger partial charge in [0.05, 0.1) is 6.04 Å². The van der Waals surface area contributed by atoms with Gasteiger partial charge in [0, 0.05) is 25.0 Å². The van der Waals surface area contributed by atoms with Gasteiger partial charge in [0.1, 0.15) is 5.60 Å². The van der Waals surface area contributed by atoms with Crippen LogP contribution in [-0.4, -0.2) is 45.7 Å². The summed E-state index contributed by atoms with van der Waals surface area (Å²) in [7, 11) is 0. The van der Waals surface area contributed by atoms with Crippen LogP contribution < -0.4 is 5.32 Å². The second-order valence-electron chi connectivity index (χ2n) is 8.18. The van der Waals surface area contributed by atoms with Gasteiger partial charge in [-0.3, -0.25) is 0 Å². The number of likely N-dealkylation sites (tertiary alicyclic amines) is 1. The first-order chi connectivity index (χ1) is 11.3. The average molecular weight is 332 g/mol. The van der Waals surface area contributed by atoms with E-state index in [1.54, 1.807) is 6.20 Å². The minimum atomic E-state index is -0.469. The molecule has 1 aliphatic carbocycles. The molecule has 24 heavy (non-hydrogen) atoms. The highest BCUT2D eigenvalue weighted by Gasteiger charge is 2.49. The van der Waals surface area contributed by atoms with Gasteiger partial charge in [0.15, 0.2) is 0 Å². The Hall–Kier alpha value is -1.85. The summed E-state index contributed by atoms with van der Waals surface area (Å²) in [5.74, 6) is 0.620. The molecule has 2 heterocycles. The summed E-state index contributed by atoms with van der Waals surface area (Å²) in [6.07, 6.45) is 6.23. The van der Waals surface area contributed by atoms with E-state index in [0.29, 0.717) is 17.9 Å². The van der Waals surface area contributed by atoms with Gasteiger partial charge < -0.3 is 15.0 Å². The number of hydrogen-bond donors (Lipinski definition) is 1. The normalized spacial score (nSPS) is 22.3. The Kier molecular flexibility index (Phi) is 4.40. The van der Waals surface area contributed by atoms with Gasteiger partial charge in [0.25, 0.3) is 0 Å². The number of carbonyl (C=O) groups is 1. The molecule has 1 atom stereocenters. The number of piperidine rings is 1. The van der Waals surface area contributed by atoms with E-state index < -0.39 is 5.60 Å². The Morgan fingerprint density at radius 2 is 2.17 bits per heavy atom. The molecular formula is C18H28N4O2. The molecule has 132 valence electrons. The van der Waals surface area contributed by atoms with Crippen LogP contribution in [0.25, 0.3) is 0 Å². The first-order valence-corrected chi connectivity index (χ1v) is 8.80. The number of anilines is 1. The van der Waals surface area contributed by atoms with Crippen molar-refractivity contribution in [1.82, 2.24) is 14.9 Å². The Labute approximate surface area is 144 Å². The second-order valence-corrected chi connectivity index (χ2v) is 8.18. The monoisotopic (exact) mass is 332 g/mol. The summed E-state index contributed by atoms with van der Waals surface area (Å²) in [6, 6.07) is 2.00. The fourth-order valence-corrected chi connectivity index (χ4v) is 3.37. The maximum absolute atomic E-state index is 12.6. The Balaban J connectivity index is 1.66. The summed E-state index contributed by atoms with van der Waals surface area (Å²) in [6.45, 7) is 9.10. The minimum Gasteiger partial charge on any atom is -0.444 e. The van der Waals surface area contributed by atoms with Gasteiger partial charge in [-0.25, -0.2) is 14.8 Å². The highest BCUT2D eigenvalue weighted by molar-refractivity contribution is 5.69. The van der Waals surface area contributed by atoms with Crippen molar-refractivity contribution in [3.63, 3.8) is 0 Å². The van der Waals surface area contributed by atoms with Crippen molar-refractivity contribution in [3.05, 3.63) is 18.0 Å². The average Bonchev–Trinajstić information content (AvgIpc) is 3.22. The lowest BCUT2D eigenvalue weighted by Gasteiger charge is -2.40. The Morgan fingerprint density at radius 1 is 1.42 bits per heavy atom. The lowest BCUT2D eigenvalue weighted by Crippen LogP contribution is -2.51. The third-order valence-electron chi connectivity index (χ3n) is 4.87. The summed E-state index contributed by atoms with van der Waals surface area (Å²) < 4.78 is 5.60. The fourth-order valence-electron chi connectivity index (χ4n) is 3.37. The standard InChI is InChI=1S/C18H28N4O2/c1-13-5-9-19-15(21-13)20-12-14-11-18(6-7-18)8-10-22(14)16(23)24-17(2,3)4/h5,9,14H,6-8,10-12H2,1-4H3,(H,19,20,21)/t14-/m0/s1. The SMILES string of the molecule is Cc1ccnc(NC[C@@H]2CC3(CCN2C(=O)OC(C)(C)C)CC3)n1. The molecule has 2 fully saturated rings. The molecule has 1 amide bonds. The first-order valence-electron chi connectivity index (χ1n) is 8.80. The molecule has 0 bridgehead atoms. The number of ether oxygens (including phenoxy) is 1. The predicted molar refractivity (Wildman–Crippen MR) is 92.9 cm³/mol. The van der Waals surface area contributed by atoms with Crippen LogP contribution in [0, 0.1) is 12.3 Å². The summed E-state index contributed by atoms with van der Waals surface area (Å²) in [5, 5.41) is 3.30. The highest BCUT2D eigenvalue weighted by Crippen LogP contribution is 2.55. The fraction of sp³-hybridized carbons (Fsp3) is 0.722. The molecule has 1 N–H and O–H groups in total. The van der Waals surface area contributed by atoms with Crippen LogP contribution in [0.1, 0.15) is 52.1 Å². The largest absolute Gasteiger partial charge is 0.444 e. The van der Waals surface area contributed by atoms with Crippen molar-refractivity contribution in [3.8, 4) is 0 Å². The number of carbonyl (C=O) groups excluding carboxylic acids is 1. The molecule has 0 aromatic carbocycles. The lowest BCUT2D eigenvalue weighted by molar-refractivity contribution is 0.00461. The number of amides is 1. The third kappa shape index (κ3) is 4.16. The van der Waals surface area contributed by atoms with Crippen molar-refractivity contribution < 1.29 is 9.53 Å².